The molecule has 0 aromatic rings. The van der Waals surface area contributed by atoms with Crippen molar-refractivity contribution in [1.29, 1.82) is 0 Å². The van der Waals surface area contributed by atoms with Gasteiger partial charge in [0.1, 0.15) is 0 Å². The summed E-state index contributed by atoms with van der Waals surface area (Å²) in [6, 6.07) is 0. The Hall–Kier alpha value is -0.960. The van der Waals surface area contributed by atoms with Gasteiger partial charge < -0.3 is 16.8 Å². The maximum atomic E-state index is 5.98. The summed E-state index contributed by atoms with van der Waals surface area (Å²) in [6.07, 6.45) is 7.59. The summed E-state index contributed by atoms with van der Waals surface area (Å²) in [4.78, 5) is 0. The van der Waals surface area contributed by atoms with Gasteiger partial charge in [0, 0.05) is 6.20 Å². The second-order valence-corrected chi connectivity index (χ2v) is 2.94. The summed E-state index contributed by atoms with van der Waals surface area (Å²) in [6.45, 7) is 2.11. The van der Waals surface area contributed by atoms with Gasteiger partial charge in [-0.25, -0.2) is 0 Å². The smallest absolute Gasteiger partial charge is 0.0980 e. The fourth-order valence-electron chi connectivity index (χ4n) is 1.26. The first-order valence-electron chi connectivity index (χ1n) is 3.88. The first-order valence-corrected chi connectivity index (χ1v) is 3.88. The Bertz CT molecular complexity index is 196. The van der Waals surface area contributed by atoms with Crippen LogP contribution in [0.2, 0.25) is 0 Å². The highest BCUT2D eigenvalue weighted by Crippen LogP contribution is 2.15. The SMILES string of the molecule is CCCC1(N)C=CNC(N)=C1. The summed E-state index contributed by atoms with van der Waals surface area (Å²) in [5.74, 6) is 0.642. The largest absolute Gasteiger partial charge is 0.385 e. The lowest BCUT2D eigenvalue weighted by atomic mass is 9.93. The Labute approximate surface area is 67.1 Å². The maximum Gasteiger partial charge on any atom is 0.0980 e. The van der Waals surface area contributed by atoms with Gasteiger partial charge in [0.2, 0.25) is 0 Å². The van der Waals surface area contributed by atoms with Gasteiger partial charge in [-0.15, -0.1) is 0 Å². The first kappa shape index (κ1) is 8.14. The van der Waals surface area contributed by atoms with E-state index in [0.717, 1.165) is 12.8 Å². The third-order valence-corrected chi connectivity index (χ3v) is 1.75. The van der Waals surface area contributed by atoms with Gasteiger partial charge in [-0.05, 0) is 18.6 Å². The second kappa shape index (κ2) is 2.96. The van der Waals surface area contributed by atoms with Crippen LogP contribution in [0.25, 0.3) is 0 Å². The van der Waals surface area contributed by atoms with Crippen molar-refractivity contribution in [1.82, 2.24) is 5.32 Å². The lowest BCUT2D eigenvalue weighted by Gasteiger charge is -2.25. The van der Waals surface area contributed by atoms with Crippen molar-refractivity contribution in [3.8, 4) is 0 Å². The highest BCUT2D eigenvalue weighted by molar-refractivity contribution is 5.24. The summed E-state index contributed by atoms with van der Waals surface area (Å²) in [5, 5.41) is 2.87. The Morgan fingerprint density at radius 2 is 2.36 bits per heavy atom. The molecule has 0 aromatic heterocycles. The molecule has 3 nitrogen and oxygen atoms in total. The van der Waals surface area contributed by atoms with Crippen molar-refractivity contribution >= 4 is 0 Å². The van der Waals surface area contributed by atoms with E-state index in [2.05, 4.69) is 12.2 Å². The Balaban J connectivity index is 2.68. The standard InChI is InChI=1S/C8H15N3/c1-2-3-8(10)4-5-11-7(9)6-8/h4-6,11H,2-3,9-10H2,1H3. The first-order chi connectivity index (χ1) is 5.16. The van der Waals surface area contributed by atoms with E-state index < -0.39 is 0 Å². The minimum atomic E-state index is -0.329. The summed E-state index contributed by atoms with van der Waals surface area (Å²) < 4.78 is 0. The van der Waals surface area contributed by atoms with E-state index in [-0.39, 0.29) is 5.54 Å². The van der Waals surface area contributed by atoms with Crippen LogP contribution in [-0.2, 0) is 0 Å². The van der Waals surface area contributed by atoms with Crippen LogP contribution < -0.4 is 16.8 Å². The molecule has 1 rings (SSSR count). The number of dihydropyridines is 1. The van der Waals surface area contributed by atoms with Crippen molar-refractivity contribution < 1.29 is 0 Å². The fourth-order valence-corrected chi connectivity index (χ4v) is 1.26. The minimum Gasteiger partial charge on any atom is -0.385 e. The molecular weight excluding hydrogens is 138 g/mol. The molecule has 0 amide bonds. The number of nitrogens with one attached hydrogen (secondary N) is 1. The van der Waals surface area contributed by atoms with E-state index in [0.29, 0.717) is 5.82 Å². The minimum absolute atomic E-state index is 0.329. The Kier molecular flexibility index (Phi) is 2.19. The Morgan fingerprint density at radius 1 is 1.64 bits per heavy atom. The van der Waals surface area contributed by atoms with Crippen LogP contribution in [-0.4, -0.2) is 5.54 Å². The van der Waals surface area contributed by atoms with E-state index in [4.69, 9.17) is 11.5 Å². The normalized spacial score (nSPS) is 29.5. The molecule has 1 aliphatic heterocycles. The maximum absolute atomic E-state index is 5.98. The average Bonchev–Trinajstić information content (AvgIpc) is 1.86. The zero-order chi connectivity index (χ0) is 8.32. The van der Waals surface area contributed by atoms with Gasteiger partial charge in [-0.1, -0.05) is 13.3 Å². The average molecular weight is 153 g/mol. The van der Waals surface area contributed by atoms with Gasteiger partial charge in [0.25, 0.3) is 0 Å². The van der Waals surface area contributed by atoms with Crippen LogP contribution in [0.5, 0.6) is 0 Å². The number of hydrogen-bond donors (Lipinski definition) is 3. The highest BCUT2D eigenvalue weighted by atomic mass is 15.0. The summed E-state index contributed by atoms with van der Waals surface area (Å²) in [7, 11) is 0. The molecule has 1 unspecified atom stereocenters. The second-order valence-electron chi connectivity index (χ2n) is 2.94. The highest BCUT2D eigenvalue weighted by Gasteiger charge is 2.19. The number of rotatable bonds is 2. The molecule has 1 heterocycles. The molecule has 0 fully saturated rings. The van der Waals surface area contributed by atoms with Crippen LogP contribution >= 0.6 is 0 Å². The molecule has 0 saturated heterocycles. The van der Waals surface area contributed by atoms with E-state index in [1.54, 1.807) is 6.20 Å². The third kappa shape index (κ3) is 1.98. The van der Waals surface area contributed by atoms with Crippen molar-refractivity contribution in [3.63, 3.8) is 0 Å². The van der Waals surface area contributed by atoms with Gasteiger partial charge in [0.15, 0.2) is 0 Å². The molecular formula is C8H15N3. The van der Waals surface area contributed by atoms with E-state index in [1.165, 1.54) is 0 Å². The van der Waals surface area contributed by atoms with Crippen molar-refractivity contribution in [2.24, 2.45) is 11.5 Å². The lowest BCUT2D eigenvalue weighted by Crippen LogP contribution is -2.40. The van der Waals surface area contributed by atoms with E-state index >= 15 is 0 Å². The number of hydrogen-bond acceptors (Lipinski definition) is 3. The number of nitrogens with two attached hydrogens (primary N) is 2. The molecule has 0 saturated carbocycles. The predicted octanol–water partition coefficient (Wildman–Crippen LogP) is 0.401. The van der Waals surface area contributed by atoms with Crippen LogP contribution in [0.15, 0.2) is 24.2 Å². The Morgan fingerprint density at radius 3 is 2.91 bits per heavy atom. The van der Waals surface area contributed by atoms with Gasteiger partial charge in [0.05, 0.1) is 11.4 Å². The van der Waals surface area contributed by atoms with Crippen LogP contribution in [0.3, 0.4) is 0 Å². The van der Waals surface area contributed by atoms with Crippen molar-refractivity contribution in [2.75, 3.05) is 0 Å². The van der Waals surface area contributed by atoms with Gasteiger partial charge >= 0.3 is 0 Å². The predicted molar refractivity (Wildman–Crippen MR) is 46.4 cm³/mol. The molecule has 3 heteroatoms. The van der Waals surface area contributed by atoms with Crippen LogP contribution in [0.4, 0.5) is 0 Å². The molecule has 1 aliphatic rings. The van der Waals surface area contributed by atoms with Gasteiger partial charge in [-0.3, -0.25) is 0 Å². The molecule has 5 N–H and O–H groups in total. The van der Waals surface area contributed by atoms with E-state index in [1.807, 2.05) is 12.2 Å². The zero-order valence-corrected chi connectivity index (χ0v) is 6.80. The molecule has 62 valence electrons. The zero-order valence-electron chi connectivity index (χ0n) is 6.80. The van der Waals surface area contributed by atoms with Gasteiger partial charge in [-0.2, -0.15) is 0 Å². The molecule has 0 aromatic carbocycles. The topological polar surface area (TPSA) is 64.1 Å². The molecule has 11 heavy (non-hydrogen) atoms. The quantitative estimate of drug-likeness (QED) is 0.538. The summed E-state index contributed by atoms with van der Waals surface area (Å²) in [5.41, 5.74) is 11.2. The van der Waals surface area contributed by atoms with Crippen LogP contribution in [0.1, 0.15) is 19.8 Å². The summed E-state index contributed by atoms with van der Waals surface area (Å²) >= 11 is 0. The monoisotopic (exact) mass is 153 g/mol. The molecule has 0 bridgehead atoms. The third-order valence-electron chi connectivity index (χ3n) is 1.75. The van der Waals surface area contributed by atoms with Crippen LogP contribution in [0, 0.1) is 0 Å². The van der Waals surface area contributed by atoms with Crippen molar-refractivity contribution in [2.45, 2.75) is 25.3 Å². The molecule has 0 radical (unpaired) electrons. The molecule has 1 atom stereocenters. The fraction of sp³-hybridized carbons (Fsp3) is 0.500. The lowest BCUT2D eigenvalue weighted by molar-refractivity contribution is 0.564. The molecule has 0 spiro atoms. The molecule has 0 aliphatic carbocycles. The van der Waals surface area contributed by atoms with E-state index in [9.17, 15) is 0 Å². The van der Waals surface area contributed by atoms with Crippen molar-refractivity contribution in [3.05, 3.63) is 24.2 Å².